The second-order valence-electron chi connectivity index (χ2n) is 3.50. The Bertz CT molecular complexity index is 491. The van der Waals surface area contributed by atoms with E-state index in [-0.39, 0.29) is 5.28 Å². The summed E-state index contributed by atoms with van der Waals surface area (Å²) >= 11 is 5.73. The summed E-state index contributed by atoms with van der Waals surface area (Å²) in [4.78, 5) is 7.95. The summed E-state index contributed by atoms with van der Waals surface area (Å²) in [5.41, 5.74) is 0.722. The Morgan fingerprint density at radius 1 is 1.40 bits per heavy atom. The van der Waals surface area contributed by atoms with E-state index < -0.39 is 0 Å². The maximum Gasteiger partial charge on any atom is 0.222 e. The maximum atomic E-state index is 5.73. The van der Waals surface area contributed by atoms with Crippen LogP contribution < -0.4 is 0 Å². The van der Waals surface area contributed by atoms with Crippen LogP contribution in [0.4, 0.5) is 0 Å². The zero-order chi connectivity index (χ0) is 10.3. The van der Waals surface area contributed by atoms with Crippen LogP contribution in [0.25, 0.3) is 11.5 Å². The largest absolute Gasteiger partial charge is 0.309 e. The fraction of sp³-hybridized carbons (Fsp3) is 0.333. The average Bonchev–Trinajstić information content (AvgIpc) is 2.96. The van der Waals surface area contributed by atoms with Gasteiger partial charge in [-0.3, -0.25) is 0 Å². The lowest BCUT2D eigenvalue weighted by molar-refractivity contribution is 0.743. The van der Waals surface area contributed by atoms with Crippen molar-refractivity contribution in [1.29, 1.82) is 0 Å². The molecule has 0 radical (unpaired) electrons. The molecule has 0 atom stereocenters. The molecule has 1 aliphatic rings. The Hall–Kier alpha value is -1.49. The Balaban J connectivity index is 2.07. The van der Waals surface area contributed by atoms with Crippen LogP contribution in [0.15, 0.2) is 18.6 Å². The van der Waals surface area contributed by atoms with E-state index >= 15 is 0 Å². The Labute approximate surface area is 91.1 Å². The van der Waals surface area contributed by atoms with Gasteiger partial charge >= 0.3 is 0 Å². The van der Waals surface area contributed by atoms with E-state index in [1.807, 2.05) is 4.57 Å². The van der Waals surface area contributed by atoms with Crippen molar-refractivity contribution >= 4 is 11.6 Å². The van der Waals surface area contributed by atoms with Gasteiger partial charge in [0.05, 0.1) is 0 Å². The van der Waals surface area contributed by atoms with Crippen molar-refractivity contribution in [3.05, 3.63) is 23.9 Å². The lowest BCUT2D eigenvalue weighted by atomic mass is 10.4. The maximum absolute atomic E-state index is 5.73. The first kappa shape index (κ1) is 8.79. The van der Waals surface area contributed by atoms with Gasteiger partial charge in [-0.15, -0.1) is 10.2 Å². The van der Waals surface area contributed by atoms with E-state index in [9.17, 15) is 0 Å². The molecule has 6 heteroatoms. The van der Waals surface area contributed by atoms with Crippen molar-refractivity contribution < 1.29 is 0 Å². The van der Waals surface area contributed by atoms with E-state index in [2.05, 4.69) is 20.2 Å². The molecular formula is C9H8ClN5. The van der Waals surface area contributed by atoms with Gasteiger partial charge in [0.15, 0.2) is 5.82 Å². The Morgan fingerprint density at radius 2 is 2.27 bits per heavy atom. The number of rotatable bonds is 2. The molecule has 2 heterocycles. The molecule has 1 saturated carbocycles. The van der Waals surface area contributed by atoms with Crippen LogP contribution in [0.2, 0.25) is 5.28 Å². The van der Waals surface area contributed by atoms with Gasteiger partial charge in [0.2, 0.25) is 5.28 Å². The first-order chi connectivity index (χ1) is 7.34. The third kappa shape index (κ3) is 1.59. The molecule has 15 heavy (non-hydrogen) atoms. The minimum absolute atomic E-state index is 0.234. The number of hydrogen-bond acceptors (Lipinski definition) is 4. The summed E-state index contributed by atoms with van der Waals surface area (Å²) in [5.74, 6) is 0.766. The number of halogens is 1. The predicted molar refractivity (Wildman–Crippen MR) is 54.3 cm³/mol. The van der Waals surface area contributed by atoms with Gasteiger partial charge in [-0.2, -0.15) is 0 Å². The normalized spacial score (nSPS) is 15.5. The second-order valence-corrected chi connectivity index (χ2v) is 3.84. The highest BCUT2D eigenvalue weighted by Crippen LogP contribution is 2.37. The summed E-state index contributed by atoms with van der Waals surface area (Å²) in [7, 11) is 0. The third-order valence-electron chi connectivity index (χ3n) is 2.37. The molecule has 0 amide bonds. The zero-order valence-electron chi connectivity index (χ0n) is 7.84. The van der Waals surface area contributed by atoms with Gasteiger partial charge in [0.1, 0.15) is 12.0 Å². The highest BCUT2D eigenvalue weighted by atomic mass is 35.5. The molecular weight excluding hydrogens is 214 g/mol. The van der Waals surface area contributed by atoms with E-state index in [1.54, 1.807) is 18.6 Å². The minimum Gasteiger partial charge on any atom is -0.309 e. The molecule has 0 aromatic carbocycles. The third-order valence-corrected chi connectivity index (χ3v) is 2.55. The molecule has 3 rings (SSSR count). The van der Waals surface area contributed by atoms with E-state index in [0.717, 1.165) is 11.5 Å². The molecule has 0 unspecified atom stereocenters. The topological polar surface area (TPSA) is 56.5 Å². The zero-order valence-corrected chi connectivity index (χ0v) is 8.59. The molecule has 0 aliphatic heterocycles. The standard InChI is InChI=1S/C9H8ClN5/c10-9-11-4-3-7(13-9)8-14-12-5-15(8)6-1-2-6/h3-6H,1-2H2. The lowest BCUT2D eigenvalue weighted by Crippen LogP contribution is -1.98. The van der Waals surface area contributed by atoms with Gasteiger partial charge in [-0.25, -0.2) is 9.97 Å². The molecule has 1 aliphatic carbocycles. The molecule has 0 spiro atoms. The van der Waals surface area contributed by atoms with Crippen molar-refractivity contribution in [2.75, 3.05) is 0 Å². The predicted octanol–water partition coefficient (Wildman–Crippen LogP) is 1.72. The second kappa shape index (κ2) is 3.27. The molecule has 5 nitrogen and oxygen atoms in total. The van der Waals surface area contributed by atoms with Crippen LogP contribution in [0.5, 0.6) is 0 Å². The summed E-state index contributed by atoms with van der Waals surface area (Å²) in [6, 6.07) is 2.32. The lowest BCUT2D eigenvalue weighted by Gasteiger charge is -2.02. The molecule has 1 fully saturated rings. The van der Waals surface area contributed by atoms with Crippen molar-refractivity contribution in [1.82, 2.24) is 24.7 Å². The fourth-order valence-corrected chi connectivity index (χ4v) is 1.65. The van der Waals surface area contributed by atoms with Crippen LogP contribution in [-0.4, -0.2) is 24.7 Å². The molecule has 2 aromatic rings. The van der Waals surface area contributed by atoms with Crippen molar-refractivity contribution in [2.24, 2.45) is 0 Å². The number of hydrogen-bond donors (Lipinski definition) is 0. The van der Waals surface area contributed by atoms with Gasteiger partial charge in [-0.1, -0.05) is 0 Å². The van der Waals surface area contributed by atoms with Crippen LogP contribution in [0, 0.1) is 0 Å². The Kier molecular flexibility index (Phi) is 1.92. The van der Waals surface area contributed by atoms with Crippen molar-refractivity contribution in [2.45, 2.75) is 18.9 Å². The van der Waals surface area contributed by atoms with Gasteiger partial charge in [-0.05, 0) is 30.5 Å². The first-order valence-electron chi connectivity index (χ1n) is 4.73. The first-order valence-corrected chi connectivity index (χ1v) is 5.11. The quantitative estimate of drug-likeness (QED) is 0.725. The molecule has 76 valence electrons. The minimum atomic E-state index is 0.234. The fourth-order valence-electron chi connectivity index (χ4n) is 1.51. The summed E-state index contributed by atoms with van der Waals surface area (Å²) in [6.07, 6.45) is 5.73. The van der Waals surface area contributed by atoms with Crippen molar-refractivity contribution in [3.8, 4) is 11.5 Å². The summed E-state index contributed by atoms with van der Waals surface area (Å²) < 4.78 is 2.04. The van der Waals surface area contributed by atoms with E-state index in [1.165, 1.54) is 12.8 Å². The Morgan fingerprint density at radius 3 is 3.00 bits per heavy atom. The monoisotopic (exact) mass is 221 g/mol. The van der Waals surface area contributed by atoms with E-state index in [4.69, 9.17) is 11.6 Å². The van der Waals surface area contributed by atoms with Crippen LogP contribution in [0.1, 0.15) is 18.9 Å². The highest BCUT2D eigenvalue weighted by molar-refractivity contribution is 6.28. The summed E-state index contributed by atoms with van der Waals surface area (Å²) in [5, 5.41) is 8.19. The smallest absolute Gasteiger partial charge is 0.222 e. The SMILES string of the molecule is Clc1nccc(-c2nncn2C2CC2)n1. The van der Waals surface area contributed by atoms with Crippen LogP contribution >= 0.6 is 11.6 Å². The molecule has 0 bridgehead atoms. The molecule has 0 N–H and O–H groups in total. The number of nitrogens with zero attached hydrogens (tertiary/aromatic N) is 5. The molecule has 2 aromatic heterocycles. The highest BCUT2D eigenvalue weighted by Gasteiger charge is 2.26. The van der Waals surface area contributed by atoms with Crippen LogP contribution in [-0.2, 0) is 0 Å². The van der Waals surface area contributed by atoms with Gasteiger partial charge in [0.25, 0.3) is 0 Å². The van der Waals surface area contributed by atoms with E-state index in [0.29, 0.717) is 6.04 Å². The van der Waals surface area contributed by atoms with Crippen molar-refractivity contribution in [3.63, 3.8) is 0 Å². The summed E-state index contributed by atoms with van der Waals surface area (Å²) in [6.45, 7) is 0. The number of aromatic nitrogens is 5. The van der Waals surface area contributed by atoms with Gasteiger partial charge < -0.3 is 4.57 Å². The molecule has 0 saturated heterocycles. The van der Waals surface area contributed by atoms with Crippen LogP contribution in [0.3, 0.4) is 0 Å². The average molecular weight is 222 g/mol. The van der Waals surface area contributed by atoms with Gasteiger partial charge in [0, 0.05) is 12.2 Å².